The summed E-state index contributed by atoms with van der Waals surface area (Å²) in [7, 11) is 0. The number of aromatic amines is 1. The van der Waals surface area contributed by atoms with E-state index < -0.39 is 0 Å². The summed E-state index contributed by atoms with van der Waals surface area (Å²) in [6.45, 7) is 4.79. The highest BCUT2D eigenvalue weighted by Gasteiger charge is 2.34. The number of rotatable bonds is 2. The number of nitrogens with zero attached hydrogens (tertiary/aromatic N) is 1. The molecule has 0 bridgehead atoms. The molecule has 0 aromatic carbocycles. The number of ketones is 1. The van der Waals surface area contributed by atoms with E-state index in [-0.39, 0.29) is 17.7 Å². The average molecular weight is 342 g/mol. The summed E-state index contributed by atoms with van der Waals surface area (Å²) in [4.78, 5) is 32.1. The number of fused-ring (bicyclic) bond motifs is 2. The minimum Gasteiger partial charge on any atom is -0.354 e. The number of nitrogens with one attached hydrogen (secondary N) is 1. The number of carbonyl (C=O) groups is 2. The van der Waals surface area contributed by atoms with Crippen molar-refractivity contribution < 1.29 is 9.59 Å². The molecule has 4 rings (SSSR count). The standard InChI is InChI=1S/C19H22N2O2S/c1-3-14-12-8-10-24-16(12)7-9-21(14)19(23)18-11(2)17-13(20-18)5-4-6-15(17)22/h8,10,14,20H,3-7,9H2,1-2H3. The van der Waals surface area contributed by atoms with Gasteiger partial charge in [-0.2, -0.15) is 0 Å². The summed E-state index contributed by atoms with van der Waals surface area (Å²) in [6, 6.07) is 2.30. The van der Waals surface area contributed by atoms with E-state index in [0.717, 1.165) is 49.0 Å². The molecule has 0 saturated heterocycles. The van der Waals surface area contributed by atoms with Crippen LogP contribution in [0.3, 0.4) is 0 Å². The quantitative estimate of drug-likeness (QED) is 0.895. The molecule has 2 aliphatic rings. The molecule has 126 valence electrons. The van der Waals surface area contributed by atoms with E-state index in [1.165, 1.54) is 10.4 Å². The topological polar surface area (TPSA) is 53.2 Å². The van der Waals surface area contributed by atoms with E-state index in [0.29, 0.717) is 12.1 Å². The van der Waals surface area contributed by atoms with Crippen molar-refractivity contribution in [3.63, 3.8) is 0 Å². The van der Waals surface area contributed by atoms with Crippen molar-refractivity contribution in [3.05, 3.63) is 44.4 Å². The first-order valence-electron chi connectivity index (χ1n) is 8.73. The van der Waals surface area contributed by atoms with Crippen LogP contribution in [0.2, 0.25) is 0 Å². The predicted octanol–water partition coefficient (Wildman–Crippen LogP) is 4.05. The fourth-order valence-corrected chi connectivity index (χ4v) is 5.14. The van der Waals surface area contributed by atoms with Gasteiger partial charge >= 0.3 is 0 Å². The molecule has 1 unspecified atom stereocenters. The van der Waals surface area contributed by atoms with Crippen molar-refractivity contribution in [2.24, 2.45) is 0 Å². The van der Waals surface area contributed by atoms with E-state index in [1.807, 2.05) is 11.8 Å². The van der Waals surface area contributed by atoms with Gasteiger partial charge in [0.1, 0.15) is 5.69 Å². The van der Waals surface area contributed by atoms with Gasteiger partial charge in [-0.3, -0.25) is 9.59 Å². The van der Waals surface area contributed by atoms with E-state index in [2.05, 4.69) is 23.4 Å². The monoisotopic (exact) mass is 342 g/mol. The zero-order chi connectivity index (χ0) is 16.8. The normalized spacial score (nSPS) is 20.0. The predicted molar refractivity (Wildman–Crippen MR) is 94.9 cm³/mol. The fourth-order valence-electron chi connectivity index (χ4n) is 4.21. The van der Waals surface area contributed by atoms with Crippen LogP contribution in [0.5, 0.6) is 0 Å². The van der Waals surface area contributed by atoms with Crippen LogP contribution in [0, 0.1) is 6.92 Å². The van der Waals surface area contributed by atoms with Gasteiger partial charge in [0.15, 0.2) is 5.78 Å². The molecule has 5 heteroatoms. The Bertz CT molecular complexity index is 817. The SMILES string of the molecule is CCC1c2ccsc2CCN1C(=O)c1[nH]c2c(c1C)C(=O)CCC2. The van der Waals surface area contributed by atoms with Crippen LogP contribution < -0.4 is 0 Å². The van der Waals surface area contributed by atoms with Crippen molar-refractivity contribution in [1.29, 1.82) is 0 Å². The smallest absolute Gasteiger partial charge is 0.271 e. The first-order valence-corrected chi connectivity index (χ1v) is 9.61. The highest BCUT2D eigenvalue weighted by molar-refractivity contribution is 7.10. The van der Waals surface area contributed by atoms with Gasteiger partial charge in [-0.1, -0.05) is 6.92 Å². The molecule has 1 aliphatic heterocycles. The number of amides is 1. The zero-order valence-corrected chi connectivity index (χ0v) is 15.0. The second-order valence-corrected chi connectivity index (χ2v) is 7.73. The number of Topliss-reactive ketones (excluding diaryl/α,β-unsaturated/α-hetero) is 1. The van der Waals surface area contributed by atoms with Crippen molar-refractivity contribution in [1.82, 2.24) is 9.88 Å². The Morgan fingerprint density at radius 3 is 2.96 bits per heavy atom. The van der Waals surface area contributed by atoms with Crippen LogP contribution in [-0.4, -0.2) is 28.1 Å². The number of hydrogen-bond acceptors (Lipinski definition) is 3. The molecule has 0 saturated carbocycles. The summed E-state index contributed by atoms with van der Waals surface area (Å²) in [5, 5.41) is 2.12. The highest BCUT2D eigenvalue weighted by Crippen LogP contribution is 2.37. The number of hydrogen-bond donors (Lipinski definition) is 1. The van der Waals surface area contributed by atoms with Crippen molar-refractivity contribution >= 4 is 23.0 Å². The van der Waals surface area contributed by atoms with Crippen LogP contribution in [0.15, 0.2) is 11.4 Å². The molecule has 2 aromatic rings. The molecule has 2 aromatic heterocycles. The molecular formula is C19H22N2O2S. The van der Waals surface area contributed by atoms with Gasteiger partial charge in [-0.15, -0.1) is 11.3 Å². The second kappa shape index (κ2) is 5.88. The first kappa shape index (κ1) is 15.6. The van der Waals surface area contributed by atoms with Gasteiger partial charge in [0.25, 0.3) is 5.91 Å². The molecule has 4 nitrogen and oxygen atoms in total. The van der Waals surface area contributed by atoms with Gasteiger partial charge in [0.05, 0.1) is 6.04 Å². The van der Waals surface area contributed by atoms with Crippen LogP contribution >= 0.6 is 11.3 Å². The minimum atomic E-state index is 0.0402. The molecule has 3 heterocycles. The van der Waals surface area contributed by atoms with E-state index >= 15 is 0 Å². The van der Waals surface area contributed by atoms with Crippen molar-refractivity contribution in [2.45, 2.75) is 52.0 Å². The Hall–Kier alpha value is -1.88. The molecule has 1 aliphatic carbocycles. The Morgan fingerprint density at radius 1 is 1.38 bits per heavy atom. The maximum absolute atomic E-state index is 13.2. The van der Waals surface area contributed by atoms with E-state index in [1.54, 1.807) is 11.3 Å². The summed E-state index contributed by atoms with van der Waals surface area (Å²) < 4.78 is 0. The minimum absolute atomic E-state index is 0.0402. The third-order valence-corrected chi connectivity index (χ3v) is 6.39. The number of aryl methyl sites for hydroxylation is 1. The average Bonchev–Trinajstić information content (AvgIpc) is 3.18. The molecule has 24 heavy (non-hydrogen) atoms. The van der Waals surface area contributed by atoms with Gasteiger partial charge in [0, 0.05) is 29.1 Å². The maximum atomic E-state index is 13.2. The molecule has 1 N–H and O–H groups in total. The van der Waals surface area contributed by atoms with Crippen LogP contribution in [0.4, 0.5) is 0 Å². The van der Waals surface area contributed by atoms with Gasteiger partial charge < -0.3 is 9.88 Å². The van der Waals surface area contributed by atoms with Gasteiger partial charge in [-0.25, -0.2) is 0 Å². The number of H-pyrrole nitrogens is 1. The zero-order valence-electron chi connectivity index (χ0n) is 14.1. The van der Waals surface area contributed by atoms with Gasteiger partial charge in [0.2, 0.25) is 0 Å². The molecular weight excluding hydrogens is 320 g/mol. The Balaban J connectivity index is 1.71. The number of aromatic nitrogens is 1. The Morgan fingerprint density at radius 2 is 2.21 bits per heavy atom. The van der Waals surface area contributed by atoms with E-state index in [9.17, 15) is 9.59 Å². The third kappa shape index (κ3) is 2.25. The first-order chi connectivity index (χ1) is 11.6. The molecule has 0 spiro atoms. The van der Waals surface area contributed by atoms with Crippen LogP contribution in [0.1, 0.15) is 74.8 Å². The van der Waals surface area contributed by atoms with Crippen LogP contribution in [-0.2, 0) is 12.8 Å². The fraction of sp³-hybridized carbons (Fsp3) is 0.474. The van der Waals surface area contributed by atoms with E-state index in [4.69, 9.17) is 0 Å². The highest BCUT2D eigenvalue weighted by atomic mass is 32.1. The lowest BCUT2D eigenvalue weighted by atomic mass is 9.93. The summed E-state index contributed by atoms with van der Waals surface area (Å²) in [5.41, 5.74) is 4.48. The molecule has 1 amide bonds. The summed E-state index contributed by atoms with van der Waals surface area (Å²) >= 11 is 1.79. The molecule has 0 fully saturated rings. The summed E-state index contributed by atoms with van der Waals surface area (Å²) in [6.07, 6.45) is 4.17. The molecule has 1 atom stereocenters. The lowest BCUT2D eigenvalue weighted by Gasteiger charge is -2.35. The largest absolute Gasteiger partial charge is 0.354 e. The Kier molecular flexibility index (Phi) is 3.83. The van der Waals surface area contributed by atoms with Gasteiger partial charge in [-0.05, 0) is 55.2 Å². The van der Waals surface area contributed by atoms with Crippen molar-refractivity contribution in [3.8, 4) is 0 Å². The van der Waals surface area contributed by atoms with Crippen LogP contribution in [0.25, 0.3) is 0 Å². The maximum Gasteiger partial charge on any atom is 0.271 e. The lowest BCUT2D eigenvalue weighted by molar-refractivity contribution is 0.0651. The molecule has 0 radical (unpaired) electrons. The number of thiophene rings is 1. The second-order valence-electron chi connectivity index (χ2n) is 6.73. The third-order valence-electron chi connectivity index (χ3n) is 5.39. The van der Waals surface area contributed by atoms with Crippen molar-refractivity contribution in [2.75, 3.05) is 6.54 Å². The number of carbonyl (C=O) groups excluding carboxylic acids is 2. The Labute approximate surface area is 145 Å². The summed E-state index contributed by atoms with van der Waals surface area (Å²) in [5.74, 6) is 0.216. The lowest BCUT2D eigenvalue weighted by Crippen LogP contribution is -2.39.